The van der Waals surface area contributed by atoms with Crippen molar-refractivity contribution in [2.75, 3.05) is 10.6 Å². The minimum absolute atomic E-state index is 0.262. The summed E-state index contributed by atoms with van der Waals surface area (Å²) in [5, 5.41) is 0. The molecule has 0 saturated carbocycles. The standard InChI is InChI=1S/C14H11N3O2/c1-8-4-3-7-16-12(8)17-13(18)9-5-2-6-10(15)11(9)14(17)19/h2-7H,15H2,1H3. The number of carbonyl (C=O) groups excluding carboxylic acids is 2. The van der Waals surface area contributed by atoms with Gasteiger partial charge in [-0.2, -0.15) is 0 Å². The fourth-order valence-electron chi connectivity index (χ4n) is 2.22. The Morgan fingerprint density at radius 1 is 1.11 bits per heavy atom. The van der Waals surface area contributed by atoms with Crippen LogP contribution in [0.1, 0.15) is 26.3 Å². The molecule has 0 bridgehead atoms. The highest BCUT2D eigenvalue weighted by Gasteiger charge is 2.39. The van der Waals surface area contributed by atoms with Gasteiger partial charge in [0.15, 0.2) is 0 Å². The molecule has 5 nitrogen and oxygen atoms in total. The molecule has 19 heavy (non-hydrogen) atoms. The lowest BCUT2D eigenvalue weighted by atomic mass is 10.1. The lowest BCUT2D eigenvalue weighted by Crippen LogP contribution is -2.31. The van der Waals surface area contributed by atoms with E-state index >= 15 is 0 Å². The zero-order chi connectivity index (χ0) is 13.6. The van der Waals surface area contributed by atoms with Crippen molar-refractivity contribution in [3.63, 3.8) is 0 Å². The van der Waals surface area contributed by atoms with E-state index in [0.29, 0.717) is 17.1 Å². The van der Waals surface area contributed by atoms with Crippen molar-refractivity contribution in [3.8, 4) is 0 Å². The Balaban J connectivity index is 2.19. The van der Waals surface area contributed by atoms with E-state index in [1.807, 2.05) is 0 Å². The Labute approximate surface area is 109 Å². The first-order valence-electron chi connectivity index (χ1n) is 5.80. The molecule has 3 rings (SSSR count). The number of pyridine rings is 1. The quantitative estimate of drug-likeness (QED) is 0.620. The van der Waals surface area contributed by atoms with Crippen molar-refractivity contribution < 1.29 is 9.59 Å². The fraction of sp³-hybridized carbons (Fsp3) is 0.0714. The highest BCUT2D eigenvalue weighted by Crippen LogP contribution is 2.31. The average molecular weight is 253 g/mol. The Bertz CT molecular complexity index is 710. The van der Waals surface area contributed by atoms with Crippen LogP contribution in [-0.2, 0) is 0 Å². The molecule has 0 unspecified atom stereocenters. The maximum absolute atomic E-state index is 12.4. The van der Waals surface area contributed by atoms with Crippen molar-refractivity contribution in [2.24, 2.45) is 0 Å². The second-order valence-electron chi connectivity index (χ2n) is 4.36. The molecule has 0 fully saturated rings. The van der Waals surface area contributed by atoms with Crippen LogP contribution in [0.5, 0.6) is 0 Å². The second kappa shape index (κ2) is 3.91. The van der Waals surface area contributed by atoms with Gasteiger partial charge in [0.25, 0.3) is 11.8 Å². The molecule has 2 aromatic rings. The average Bonchev–Trinajstić information content (AvgIpc) is 2.64. The molecule has 94 valence electrons. The second-order valence-corrected chi connectivity index (χ2v) is 4.36. The lowest BCUT2D eigenvalue weighted by molar-refractivity contribution is 0.0925. The van der Waals surface area contributed by atoms with Gasteiger partial charge in [0.2, 0.25) is 0 Å². The smallest absolute Gasteiger partial charge is 0.269 e. The SMILES string of the molecule is Cc1cccnc1N1C(=O)c2cccc(N)c2C1=O. The van der Waals surface area contributed by atoms with Crippen LogP contribution in [0.25, 0.3) is 0 Å². The number of nitrogens with two attached hydrogens (primary N) is 1. The monoisotopic (exact) mass is 253 g/mol. The number of imide groups is 1. The number of hydrogen-bond acceptors (Lipinski definition) is 4. The molecule has 2 heterocycles. The van der Waals surface area contributed by atoms with Gasteiger partial charge in [-0.05, 0) is 30.7 Å². The third kappa shape index (κ3) is 1.52. The van der Waals surface area contributed by atoms with Gasteiger partial charge in [-0.3, -0.25) is 9.59 Å². The molecule has 1 aliphatic rings. The van der Waals surface area contributed by atoms with Gasteiger partial charge in [-0.1, -0.05) is 12.1 Å². The first-order chi connectivity index (χ1) is 9.11. The van der Waals surface area contributed by atoms with Gasteiger partial charge in [0.05, 0.1) is 11.1 Å². The molecule has 0 saturated heterocycles. The predicted octanol–water partition coefficient (Wildman–Crippen LogP) is 1.77. The normalized spacial score (nSPS) is 13.8. The zero-order valence-corrected chi connectivity index (χ0v) is 10.3. The highest BCUT2D eigenvalue weighted by molar-refractivity contribution is 6.35. The van der Waals surface area contributed by atoms with Gasteiger partial charge >= 0.3 is 0 Å². The maximum atomic E-state index is 12.4. The fourth-order valence-corrected chi connectivity index (χ4v) is 2.22. The molecule has 0 radical (unpaired) electrons. The van der Waals surface area contributed by atoms with Crippen LogP contribution in [-0.4, -0.2) is 16.8 Å². The van der Waals surface area contributed by atoms with Crippen LogP contribution in [0.15, 0.2) is 36.5 Å². The number of nitrogens with zero attached hydrogens (tertiary/aromatic N) is 2. The number of benzene rings is 1. The molecule has 2 N–H and O–H groups in total. The largest absolute Gasteiger partial charge is 0.398 e. The summed E-state index contributed by atoms with van der Waals surface area (Å²) in [4.78, 5) is 29.9. The molecule has 0 atom stereocenters. The first kappa shape index (κ1) is 11.4. The van der Waals surface area contributed by atoms with Crippen molar-refractivity contribution >= 4 is 23.3 Å². The van der Waals surface area contributed by atoms with Crippen molar-refractivity contribution in [2.45, 2.75) is 6.92 Å². The van der Waals surface area contributed by atoms with Crippen LogP contribution in [0.2, 0.25) is 0 Å². The molecular formula is C14H11N3O2. The van der Waals surface area contributed by atoms with E-state index in [9.17, 15) is 9.59 Å². The van der Waals surface area contributed by atoms with Crippen molar-refractivity contribution in [1.82, 2.24) is 4.98 Å². The molecule has 0 aliphatic carbocycles. The van der Waals surface area contributed by atoms with Crippen molar-refractivity contribution in [1.29, 1.82) is 0 Å². The van der Waals surface area contributed by atoms with E-state index in [1.165, 1.54) is 0 Å². The number of nitrogen functional groups attached to an aromatic ring is 1. The molecular weight excluding hydrogens is 242 g/mol. The van der Waals surface area contributed by atoms with Crippen LogP contribution < -0.4 is 10.6 Å². The Morgan fingerprint density at radius 3 is 2.58 bits per heavy atom. The number of fused-ring (bicyclic) bond motifs is 1. The minimum Gasteiger partial charge on any atom is -0.398 e. The van der Waals surface area contributed by atoms with Crippen LogP contribution in [0.3, 0.4) is 0 Å². The molecule has 1 aliphatic heterocycles. The number of hydrogen-bond donors (Lipinski definition) is 1. The van der Waals surface area contributed by atoms with Gasteiger partial charge in [-0.25, -0.2) is 9.88 Å². The van der Waals surface area contributed by atoms with E-state index in [-0.39, 0.29) is 11.5 Å². The topological polar surface area (TPSA) is 76.3 Å². The third-order valence-electron chi connectivity index (χ3n) is 3.14. The number of anilines is 2. The van der Waals surface area contributed by atoms with Crippen LogP contribution in [0, 0.1) is 6.92 Å². The first-order valence-corrected chi connectivity index (χ1v) is 5.80. The summed E-state index contributed by atoms with van der Waals surface area (Å²) >= 11 is 0. The Hall–Kier alpha value is -2.69. The number of aryl methyl sites for hydroxylation is 1. The highest BCUT2D eigenvalue weighted by atomic mass is 16.2. The summed E-state index contributed by atoms with van der Waals surface area (Å²) in [6, 6.07) is 8.43. The van der Waals surface area contributed by atoms with Crippen molar-refractivity contribution in [3.05, 3.63) is 53.2 Å². The van der Waals surface area contributed by atoms with Crippen LogP contribution >= 0.6 is 0 Å². The maximum Gasteiger partial charge on any atom is 0.269 e. The molecule has 2 amide bonds. The van der Waals surface area contributed by atoms with Gasteiger partial charge in [-0.15, -0.1) is 0 Å². The Morgan fingerprint density at radius 2 is 1.89 bits per heavy atom. The van der Waals surface area contributed by atoms with Crippen LogP contribution in [0.4, 0.5) is 11.5 Å². The molecule has 5 heteroatoms. The molecule has 1 aromatic heterocycles. The summed E-state index contributed by atoms with van der Waals surface area (Å²) in [5.41, 5.74) is 7.44. The van der Waals surface area contributed by atoms with Gasteiger partial charge < -0.3 is 5.73 Å². The molecule has 0 spiro atoms. The summed E-state index contributed by atoms with van der Waals surface area (Å²) < 4.78 is 0. The number of rotatable bonds is 1. The minimum atomic E-state index is -0.417. The van der Waals surface area contributed by atoms with E-state index in [2.05, 4.69) is 4.98 Å². The summed E-state index contributed by atoms with van der Waals surface area (Å²) in [6.45, 7) is 1.80. The van der Waals surface area contributed by atoms with Gasteiger partial charge in [0, 0.05) is 11.9 Å². The third-order valence-corrected chi connectivity index (χ3v) is 3.14. The summed E-state index contributed by atoms with van der Waals surface area (Å²) in [6.07, 6.45) is 1.55. The van der Waals surface area contributed by atoms with E-state index in [0.717, 1.165) is 10.5 Å². The Kier molecular flexibility index (Phi) is 2.35. The lowest BCUT2D eigenvalue weighted by Gasteiger charge is -2.14. The number of carbonyl (C=O) groups is 2. The summed E-state index contributed by atoms with van der Waals surface area (Å²) in [5.74, 6) is -0.442. The zero-order valence-electron chi connectivity index (χ0n) is 10.3. The summed E-state index contributed by atoms with van der Waals surface area (Å²) in [7, 11) is 0. The van der Waals surface area contributed by atoms with E-state index < -0.39 is 5.91 Å². The number of amides is 2. The van der Waals surface area contributed by atoms with E-state index in [1.54, 1.807) is 43.5 Å². The van der Waals surface area contributed by atoms with E-state index in [4.69, 9.17) is 5.73 Å². The molecule has 1 aromatic carbocycles. The van der Waals surface area contributed by atoms with Gasteiger partial charge in [0.1, 0.15) is 5.82 Å². The number of aromatic nitrogens is 1. The predicted molar refractivity (Wildman–Crippen MR) is 71.0 cm³/mol.